The smallest absolute Gasteiger partial charge is 0.221 e. The molecule has 1 unspecified atom stereocenters. The van der Waals surface area contributed by atoms with Gasteiger partial charge in [0.1, 0.15) is 0 Å². The molecule has 2 nitrogen and oxygen atoms in total. The van der Waals surface area contributed by atoms with Gasteiger partial charge >= 0.3 is 0 Å². The van der Waals surface area contributed by atoms with Crippen molar-refractivity contribution in [1.82, 2.24) is 0 Å². The molecule has 0 aliphatic rings. The standard InChI is InChI=1S/C26H45O2P/c1-7-8-9-10-11-12-13-14-15-16-17-29(28,20-21(2)3)26(27)25-23(5)18-22(4)19-24(25)6/h18-19,21H,7-17,20H2,1-6H3. The van der Waals surface area contributed by atoms with Crippen LogP contribution in [-0.2, 0) is 4.57 Å². The van der Waals surface area contributed by atoms with Crippen molar-refractivity contribution in [2.75, 3.05) is 12.3 Å². The summed E-state index contributed by atoms with van der Waals surface area (Å²) >= 11 is 0. The Labute approximate surface area is 180 Å². The minimum absolute atomic E-state index is 0.0721. The molecule has 0 aromatic heterocycles. The summed E-state index contributed by atoms with van der Waals surface area (Å²) in [6.45, 7) is 12.4. The molecule has 0 saturated carbocycles. The van der Waals surface area contributed by atoms with E-state index in [4.69, 9.17) is 0 Å². The predicted molar refractivity (Wildman–Crippen MR) is 129 cm³/mol. The number of carbonyl (C=O) groups is 1. The summed E-state index contributed by atoms with van der Waals surface area (Å²) in [5.41, 5.74) is 3.74. The van der Waals surface area contributed by atoms with E-state index in [2.05, 4.69) is 20.8 Å². The van der Waals surface area contributed by atoms with Crippen LogP contribution in [0.15, 0.2) is 12.1 Å². The van der Waals surface area contributed by atoms with E-state index in [-0.39, 0.29) is 11.4 Å². The zero-order valence-electron chi connectivity index (χ0n) is 20.0. The van der Waals surface area contributed by atoms with Gasteiger partial charge in [-0.05, 0) is 44.2 Å². The lowest BCUT2D eigenvalue weighted by Crippen LogP contribution is -2.14. The van der Waals surface area contributed by atoms with Crippen molar-refractivity contribution in [3.8, 4) is 0 Å². The molecule has 1 atom stereocenters. The molecule has 0 amide bonds. The van der Waals surface area contributed by atoms with Crippen LogP contribution in [0, 0.1) is 26.7 Å². The first kappa shape index (κ1) is 26.2. The highest BCUT2D eigenvalue weighted by Gasteiger charge is 2.34. The number of benzene rings is 1. The molecule has 166 valence electrons. The predicted octanol–water partition coefficient (Wildman–Crippen LogP) is 8.69. The van der Waals surface area contributed by atoms with E-state index in [0.717, 1.165) is 29.5 Å². The lowest BCUT2D eigenvalue weighted by molar-refractivity contribution is 0.107. The number of rotatable bonds is 15. The van der Waals surface area contributed by atoms with E-state index in [0.29, 0.717) is 17.9 Å². The molecule has 0 radical (unpaired) electrons. The third kappa shape index (κ3) is 9.20. The highest BCUT2D eigenvalue weighted by atomic mass is 31.2. The number of unbranched alkanes of at least 4 members (excludes halogenated alkanes) is 9. The van der Waals surface area contributed by atoms with Gasteiger partial charge in [-0.25, -0.2) is 0 Å². The van der Waals surface area contributed by atoms with Crippen molar-refractivity contribution in [1.29, 1.82) is 0 Å². The van der Waals surface area contributed by atoms with E-state index in [1.165, 1.54) is 51.4 Å². The first-order chi connectivity index (χ1) is 13.7. The maximum Gasteiger partial charge on any atom is 0.221 e. The van der Waals surface area contributed by atoms with Gasteiger partial charge in [0, 0.05) is 17.9 Å². The molecule has 0 fully saturated rings. The molecule has 0 saturated heterocycles. The number of hydrogen-bond donors (Lipinski definition) is 0. The molecule has 0 aliphatic heterocycles. The molecule has 0 aliphatic carbocycles. The normalized spacial score (nSPS) is 13.6. The van der Waals surface area contributed by atoms with Crippen molar-refractivity contribution in [2.24, 2.45) is 5.92 Å². The maximum absolute atomic E-state index is 13.8. The van der Waals surface area contributed by atoms with Gasteiger partial charge < -0.3 is 4.57 Å². The molecular formula is C26H45O2P. The highest BCUT2D eigenvalue weighted by Crippen LogP contribution is 2.52. The molecule has 3 heteroatoms. The Morgan fingerprint density at radius 1 is 0.828 bits per heavy atom. The van der Waals surface area contributed by atoms with Gasteiger partial charge in [-0.3, -0.25) is 4.79 Å². The van der Waals surface area contributed by atoms with Gasteiger partial charge in [0.2, 0.25) is 5.52 Å². The van der Waals surface area contributed by atoms with Gasteiger partial charge in [-0.2, -0.15) is 0 Å². The minimum Gasteiger partial charge on any atom is -0.315 e. The van der Waals surface area contributed by atoms with Crippen LogP contribution in [0.2, 0.25) is 0 Å². The largest absolute Gasteiger partial charge is 0.315 e. The van der Waals surface area contributed by atoms with Gasteiger partial charge in [-0.15, -0.1) is 0 Å². The van der Waals surface area contributed by atoms with Crippen molar-refractivity contribution in [2.45, 2.75) is 106 Å². The SMILES string of the molecule is CCCCCCCCCCCCP(=O)(CC(C)C)C(=O)c1c(C)cc(C)cc1C. The number of carbonyl (C=O) groups excluding carboxylic acids is 1. The molecule has 0 N–H and O–H groups in total. The lowest BCUT2D eigenvalue weighted by atomic mass is 10.0. The number of hydrogen-bond acceptors (Lipinski definition) is 2. The van der Waals surface area contributed by atoms with E-state index in [1.54, 1.807) is 0 Å². The molecule has 0 spiro atoms. The summed E-state index contributed by atoms with van der Waals surface area (Å²) in [6, 6.07) is 4.08. The summed E-state index contributed by atoms with van der Waals surface area (Å²) in [5, 5.41) is 0. The van der Waals surface area contributed by atoms with Gasteiger partial charge in [0.25, 0.3) is 0 Å². The van der Waals surface area contributed by atoms with Crippen LogP contribution in [0.1, 0.15) is 112 Å². The Morgan fingerprint density at radius 3 is 1.72 bits per heavy atom. The quantitative estimate of drug-likeness (QED) is 0.210. The van der Waals surface area contributed by atoms with Gasteiger partial charge in [0.05, 0.1) is 0 Å². The monoisotopic (exact) mass is 420 g/mol. The summed E-state index contributed by atoms with van der Waals surface area (Å²) in [5.74, 6) is 0.277. The van der Waals surface area contributed by atoms with Crippen LogP contribution in [0.25, 0.3) is 0 Å². The second kappa shape index (κ2) is 13.4. The minimum atomic E-state index is -2.87. The average Bonchev–Trinajstić information content (AvgIpc) is 2.61. The highest BCUT2D eigenvalue weighted by molar-refractivity contribution is 7.81. The third-order valence-corrected chi connectivity index (χ3v) is 9.12. The van der Waals surface area contributed by atoms with Crippen LogP contribution in [0.3, 0.4) is 0 Å². The summed E-state index contributed by atoms with van der Waals surface area (Å²) < 4.78 is 13.8. The average molecular weight is 421 g/mol. The van der Waals surface area contributed by atoms with Crippen LogP contribution >= 0.6 is 7.14 Å². The Bertz CT molecular complexity index is 652. The van der Waals surface area contributed by atoms with Gasteiger partial charge in [-0.1, -0.05) is 96.3 Å². The molecule has 1 rings (SSSR count). The summed E-state index contributed by atoms with van der Waals surface area (Å²) in [4.78, 5) is 13.4. The van der Waals surface area contributed by atoms with Gasteiger partial charge in [0.15, 0.2) is 7.14 Å². The van der Waals surface area contributed by atoms with Crippen molar-refractivity contribution in [3.05, 3.63) is 34.4 Å². The fourth-order valence-electron chi connectivity index (χ4n) is 4.44. The Balaban J connectivity index is 2.61. The van der Waals surface area contributed by atoms with Crippen molar-refractivity contribution >= 4 is 12.7 Å². The fourth-order valence-corrected chi connectivity index (χ4v) is 7.67. The molecule has 0 heterocycles. The lowest BCUT2D eigenvalue weighted by Gasteiger charge is -2.21. The Hall–Kier alpha value is -0.880. The molecular weight excluding hydrogens is 375 g/mol. The second-order valence-electron chi connectivity index (χ2n) is 9.45. The zero-order valence-corrected chi connectivity index (χ0v) is 20.9. The Morgan fingerprint density at radius 2 is 1.28 bits per heavy atom. The summed E-state index contributed by atoms with van der Waals surface area (Å²) in [6.07, 6.45) is 13.6. The van der Waals surface area contributed by atoms with Crippen molar-refractivity contribution in [3.63, 3.8) is 0 Å². The maximum atomic E-state index is 13.8. The van der Waals surface area contributed by atoms with Crippen LogP contribution < -0.4 is 0 Å². The van der Waals surface area contributed by atoms with Crippen molar-refractivity contribution < 1.29 is 9.36 Å². The van der Waals surface area contributed by atoms with E-state index < -0.39 is 7.14 Å². The third-order valence-electron chi connectivity index (χ3n) is 5.79. The van der Waals surface area contributed by atoms with Crippen LogP contribution in [-0.4, -0.2) is 17.8 Å². The van der Waals surface area contributed by atoms with E-state index in [9.17, 15) is 9.36 Å². The van der Waals surface area contributed by atoms with E-state index >= 15 is 0 Å². The first-order valence-electron chi connectivity index (χ1n) is 11.9. The molecule has 29 heavy (non-hydrogen) atoms. The molecule has 0 bridgehead atoms. The first-order valence-corrected chi connectivity index (χ1v) is 14.0. The second-order valence-corrected chi connectivity index (χ2v) is 12.4. The summed E-state index contributed by atoms with van der Waals surface area (Å²) in [7, 11) is -2.87. The topological polar surface area (TPSA) is 34.1 Å². The van der Waals surface area contributed by atoms with Crippen LogP contribution in [0.5, 0.6) is 0 Å². The van der Waals surface area contributed by atoms with Crippen LogP contribution in [0.4, 0.5) is 0 Å². The zero-order chi connectivity index (χ0) is 21.9. The number of aryl methyl sites for hydroxylation is 3. The Kier molecular flexibility index (Phi) is 12.1. The fraction of sp³-hybridized carbons (Fsp3) is 0.731. The van der Waals surface area contributed by atoms with E-state index in [1.807, 2.05) is 32.9 Å². The molecule has 1 aromatic rings. The molecule has 1 aromatic carbocycles.